The van der Waals surface area contributed by atoms with E-state index in [9.17, 15) is 4.79 Å². The third-order valence-electron chi connectivity index (χ3n) is 3.26. The fourth-order valence-electron chi connectivity index (χ4n) is 2.26. The maximum absolute atomic E-state index is 10.7. The van der Waals surface area contributed by atoms with Crippen molar-refractivity contribution in [1.82, 2.24) is 9.97 Å². The molecule has 0 amide bonds. The Morgan fingerprint density at radius 1 is 1.10 bits per heavy atom. The zero-order valence-electron chi connectivity index (χ0n) is 11.8. The predicted octanol–water partition coefficient (Wildman–Crippen LogP) is 2.70. The monoisotopic (exact) mass is 270 g/mol. The minimum absolute atomic E-state index is 0.114. The molecule has 0 saturated heterocycles. The molecular formula is C16H18N2O2. The molecule has 0 aliphatic heterocycles. The van der Waals surface area contributed by atoms with E-state index in [4.69, 9.17) is 5.11 Å². The Morgan fingerprint density at radius 3 is 2.25 bits per heavy atom. The molecule has 1 aromatic carbocycles. The summed E-state index contributed by atoms with van der Waals surface area (Å²) in [6.07, 6.45) is 1.30. The first-order chi connectivity index (χ1) is 9.56. The molecule has 4 nitrogen and oxygen atoms in total. The van der Waals surface area contributed by atoms with Crippen LogP contribution in [0.2, 0.25) is 0 Å². The fraction of sp³-hybridized carbons (Fsp3) is 0.312. The lowest BCUT2D eigenvalue weighted by molar-refractivity contribution is -0.136. The Labute approximate surface area is 118 Å². The lowest BCUT2D eigenvalue weighted by atomic mass is 10.1. The maximum atomic E-state index is 10.7. The molecule has 0 bridgehead atoms. The normalized spacial score (nSPS) is 10.5. The van der Waals surface area contributed by atoms with Crippen LogP contribution in [-0.4, -0.2) is 21.0 Å². The number of nitrogens with zero attached hydrogens (tertiary/aromatic N) is 2. The third kappa shape index (κ3) is 3.63. The number of carboxylic acids is 1. The molecule has 104 valence electrons. The summed E-state index contributed by atoms with van der Waals surface area (Å²) >= 11 is 0. The van der Waals surface area contributed by atoms with E-state index in [2.05, 4.69) is 9.97 Å². The number of aromatic nitrogens is 2. The molecule has 0 atom stereocenters. The van der Waals surface area contributed by atoms with Crippen LogP contribution in [0.4, 0.5) is 0 Å². The quantitative estimate of drug-likeness (QED) is 0.907. The predicted molar refractivity (Wildman–Crippen MR) is 76.7 cm³/mol. The highest BCUT2D eigenvalue weighted by Crippen LogP contribution is 2.14. The van der Waals surface area contributed by atoms with E-state index in [1.54, 1.807) is 0 Å². The van der Waals surface area contributed by atoms with Gasteiger partial charge in [0.25, 0.3) is 0 Å². The molecule has 0 fully saturated rings. The topological polar surface area (TPSA) is 63.1 Å². The highest BCUT2D eigenvalue weighted by molar-refractivity contribution is 5.67. The van der Waals surface area contributed by atoms with Crippen molar-refractivity contribution in [1.29, 1.82) is 0 Å². The van der Waals surface area contributed by atoms with Gasteiger partial charge in [-0.2, -0.15) is 0 Å². The van der Waals surface area contributed by atoms with Crippen LogP contribution in [-0.2, 0) is 17.6 Å². The van der Waals surface area contributed by atoms with Crippen molar-refractivity contribution in [3.63, 3.8) is 0 Å². The van der Waals surface area contributed by atoms with Gasteiger partial charge in [-0.15, -0.1) is 0 Å². The van der Waals surface area contributed by atoms with Crippen molar-refractivity contribution < 1.29 is 9.90 Å². The lowest BCUT2D eigenvalue weighted by Gasteiger charge is -2.10. The van der Waals surface area contributed by atoms with Crippen LogP contribution < -0.4 is 0 Å². The summed E-state index contributed by atoms with van der Waals surface area (Å²) in [5.74, 6) is -0.0116. The summed E-state index contributed by atoms with van der Waals surface area (Å²) in [5.41, 5.74) is 3.88. The van der Waals surface area contributed by atoms with Crippen LogP contribution in [0.25, 0.3) is 0 Å². The Bertz CT molecular complexity index is 586. The lowest BCUT2D eigenvalue weighted by Crippen LogP contribution is -2.08. The molecule has 0 radical (unpaired) electrons. The molecule has 4 heteroatoms. The summed E-state index contributed by atoms with van der Waals surface area (Å²) in [7, 11) is 0. The molecule has 0 spiro atoms. The maximum Gasteiger partial charge on any atom is 0.303 e. The van der Waals surface area contributed by atoms with Crippen LogP contribution in [0.1, 0.15) is 34.8 Å². The van der Waals surface area contributed by atoms with Gasteiger partial charge in [0.2, 0.25) is 0 Å². The van der Waals surface area contributed by atoms with Gasteiger partial charge in [0.1, 0.15) is 5.82 Å². The Balaban J connectivity index is 2.19. The SMILES string of the molecule is Cc1nc(Cc2ccccc2)nc(C)c1CCC(=O)O. The fourth-order valence-corrected chi connectivity index (χ4v) is 2.26. The summed E-state index contributed by atoms with van der Waals surface area (Å²) in [4.78, 5) is 19.7. The second kappa shape index (κ2) is 6.28. The number of aliphatic carboxylic acids is 1. The molecule has 0 aliphatic carbocycles. The highest BCUT2D eigenvalue weighted by Gasteiger charge is 2.10. The first-order valence-corrected chi connectivity index (χ1v) is 6.65. The summed E-state index contributed by atoms with van der Waals surface area (Å²) in [6, 6.07) is 10.1. The number of carboxylic acid groups (broad SMARTS) is 1. The second-order valence-corrected chi connectivity index (χ2v) is 4.85. The third-order valence-corrected chi connectivity index (χ3v) is 3.26. The first kappa shape index (κ1) is 14.2. The molecule has 1 aromatic heterocycles. The average Bonchev–Trinajstić information content (AvgIpc) is 2.38. The molecule has 20 heavy (non-hydrogen) atoms. The first-order valence-electron chi connectivity index (χ1n) is 6.65. The van der Waals surface area contributed by atoms with Crippen molar-refractivity contribution >= 4 is 5.97 Å². The van der Waals surface area contributed by atoms with Gasteiger partial charge >= 0.3 is 5.97 Å². The van der Waals surface area contributed by atoms with E-state index in [0.717, 1.165) is 22.8 Å². The zero-order valence-corrected chi connectivity index (χ0v) is 11.8. The van der Waals surface area contributed by atoms with Crippen molar-refractivity contribution in [3.8, 4) is 0 Å². The van der Waals surface area contributed by atoms with Gasteiger partial charge < -0.3 is 5.11 Å². The molecule has 0 saturated carbocycles. The van der Waals surface area contributed by atoms with Crippen molar-refractivity contribution in [2.45, 2.75) is 33.1 Å². The van der Waals surface area contributed by atoms with Crippen LogP contribution in [0.3, 0.4) is 0 Å². The Morgan fingerprint density at radius 2 is 1.70 bits per heavy atom. The molecular weight excluding hydrogens is 252 g/mol. The van der Waals surface area contributed by atoms with Crippen molar-refractivity contribution in [3.05, 3.63) is 58.7 Å². The van der Waals surface area contributed by atoms with Crippen LogP contribution >= 0.6 is 0 Å². The van der Waals surface area contributed by atoms with E-state index in [1.165, 1.54) is 5.56 Å². The minimum Gasteiger partial charge on any atom is -0.481 e. The minimum atomic E-state index is -0.794. The number of benzene rings is 1. The number of aryl methyl sites for hydroxylation is 2. The van der Waals surface area contributed by atoms with E-state index in [0.29, 0.717) is 12.8 Å². The highest BCUT2D eigenvalue weighted by atomic mass is 16.4. The van der Waals surface area contributed by atoms with Gasteiger partial charge in [-0.1, -0.05) is 30.3 Å². The smallest absolute Gasteiger partial charge is 0.303 e. The zero-order chi connectivity index (χ0) is 14.5. The Hall–Kier alpha value is -2.23. The summed E-state index contributed by atoms with van der Waals surface area (Å²) in [5, 5.41) is 8.77. The van der Waals surface area contributed by atoms with Gasteiger partial charge in [0.15, 0.2) is 0 Å². The van der Waals surface area contributed by atoms with Gasteiger partial charge in [0, 0.05) is 24.2 Å². The molecule has 1 heterocycles. The van der Waals surface area contributed by atoms with Crippen molar-refractivity contribution in [2.75, 3.05) is 0 Å². The number of hydrogen-bond donors (Lipinski definition) is 1. The number of hydrogen-bond acceptors (Lipinski definition) is 3. The largest absolute Gasteiger partial charge is 0.481 e. The van der Waals surface area contributed by atoms with Crippen LogP contribution in [0, 0.1) is 13.8 Å². The van der Waals surface area contributed by atoms with E-state index in [-0.39, 0.29) is 6.42 Å². The molecule has 0 aliphatic rings. The van der Waals surface area contributed by atoms with Crippen LogP contribution in [0.15, 0.2) is 30.3 Å². The standard InChI is InChI=1S/C16H18N2O2/c1-11-14(8-9-16(19)20)12(2)18-15(17-11)10-13-6-4-3-5-7-13/h3-7H,8-10H2,1-2H3,(H,19,20). The molecule has 1 N–H and O–H groups in total. The molecule has 2 rings (SSSR count). The summed E-state index contributed by atoms with van der Waals surface area (Å²) in [6.45, 7) is 3.83. The molecule has 2 aromatic rings. The average molecular weight is 270 g/mol. The van der Waals surface area contributed by atoms with Crippen LogP contribution in [0.5, 0.6) is 0 Å². The van der Waals surface area contributed by atoms with Gasteiger partial charge in [-0.25, -0.2) is 9.97 Å². The van der Waals surface area contributed by atoms with Gasteiger partial charge in [-0.3, -0.25) is 4.79 Å². The van der Waals surface area contributed by atoms with E-state index in [1.807, 2.05) is 44.2 Å². The Kier molecular flexibility index (Phi) is 4.45. The summed E-state index contributed by atoms with van der Waals surface area (Å²) < 4.78 is 0. The van der Waals surface area contributed by atoms with E-state index < -0.39 is 5.97 Å². The van der Waals surface area contributed by atoms with Crippen molar-refractivity contribution in [2.24, 2.45) is 0 Å². The van der Waals surface area contributed by atoms with Gasteiger partial charge in [0.05, 0.1) is 0 Å². The second-order valence-electron chi connectivity index (χ2n) is 4.85. The number of rotatable bonds is 5. The molecule has 0 unspecified atom stereocenters. The van der Waals surface area contributed by atoms with E-state index >= 15 is 0 Å². The van der Waals surface area contributed by atoms with Gasteiger partial charge in [-0.05, 0) is 31.4 Å². The number of carbonyl (C=O) groups is 1.